The molecule has 0 amide bonds. The van der Waals surface area contributed by atoms with Crippen LogP contribution in [0.15, 0.2) is 71.7 Å². The molecule has 1 aliphatic rings. The fourth-order valence-corrected chi connectivity index (χ4v) is 3.49. The number of nitriles is 1. The lowest BCUT2D eigenvalue weighted by Crippen LogP contribution is -2.04. The van der Waals surface area contributed by atoms with Gasteiger partial charge in [-0.25, -0.2) is 9.97 Å². The standard InChI is InChI=1S/C23H11F3N4O/c24-23(25,26)13-5-7-14(8-6-13)31-15-9-10-18-19(11-15)30-21-17-4-2-1-3-16(17)20(28-12-27)22(21)29-18/h1-11H/b28-20+. The molecule has 4 aromatic rings. The number of ether oxygens (including phenoxy) is 1. The number of hydrogen-bond donors (Lipinski definition) is 0. The van der Waals surface area contributed by atoms with Gasteiger partial charge in [0.15, 0.2) is 0 Å². The third-order valence-electron chi connectivity index (χ3n) is 4.88. The Morgan fingerprint density at radius 1 is 0.806 bits per heavy atom. The van der Waals surface area contributed by atoms with Gasteiger partial charge in [-0.2, -0.15) is 23.4 Å². The molecule has 0 aliphatic heterocycles. The maximum Gasteiger partial charge on any atom is 0.416 e. The zero-order chi connectivity index (χ0) is 21.6. The number of benzene rings is 3. The van der Waals surface area contributed by atoms with E-state index >= 15 is 0 Å². The molecule has 0 atom stereocenters. The van der Waals surface area contributed by atoms with Crippen molar-refractivity contribution >= 4 is 16.7 Å². The second-order valence-corrected chi connectivity index (χ2v) is 6.80. The average Bonchev–Trinajstić information content (AvgIpc) is 3.05. The van der Waals surface area contributed by atoms with Crippen LogP contribution in [0.2, 0.25) is 0 Å². The van der Waals surface area contributed by atoms with Gasteiger partial charge < -0.3 is 4.74 Å². The molecule has 0 saturated carbocycles. The zero-order valence-electron chi connectivity index (χ0n) is 15.7. The number of alkyl halides is 3. The van der Waals surface area contributed by atoms with Gasteiger partial charge in [0.25, 0.3) is 0 Å². The predicted octanol–water partition coefficient (Wildman–Crippen LogP) is 5.74. The number of fused-ring (bicyclic) bond motifs is 4. The largest absolute Gasteiger partial charge is 0.457 e. The summed E-state index contributed by atoms with van der Waals surface area (Å²) >= 11 is 0. The van der Waals surface area contributed by atoms with Crippen LogP contribution in [0, 0.1) is 11.5 Å². The third kappa shape index (κ3) is 3.26. The van der Waals surface area contributed by atoms with Crippen molar-refractivity contribution in [1.82, 2.24) is 9.97 Å². The summed E-state index contributed by atoms with van der Waals surface area (Å²) in [6.45, 7) is 0. The minimum Gasteiger partial charge on any atom is -0.457 e. The Balaban J connectivity index is 1.54. The van der Waals surface area contributed by atoms with Crippen LogP contribution >= 0.6 is 0 Å². The monoisotopic (exact) mass is 416 g/mol. The highest BCUT2D eigenvalue weighted by atomic mass is 19.4. The smallest absolute Gasteiger partial charge is 0.416 e. The Labute approximate surface area is 174 Å². The van der Waals surface area contributed by atoms with Crippen LogP contribution in [0.25, 0.3) is 22.3 Å². The van der Waals surface area contributed by atoms with E-state index in [1.54, 1.807) is 18.2 Å². The van der Waals surface area contributed by atoms with Gasteiger partial charge >= 0.3 is 6.18 Å². The van der Waals surface area contributed by atoms with Crippen LogP contribution in [-0.4, -0.2) is 15.7 Å². The van der Waals surface area contributed by atoms with Gasteiger partial charge in [-0.15, -0.1) is 0 Å². The summed E-state index contributed by atoms with van der Waals surface area (Å²) in [7, 11) is 0. The molecule has 1 aliphatic carbocycles. The van der Waals surface area contributed by atoms with E-state index < -0.39 is 11.7 Å². The third-order valence-corrected chi connectivity index (χ3v) is 4.88. The van der Waals surface area contributed by atoms with Crippen LogP contribution in [-0.2, 0) is 6.18 Å². The van der Waals surface area contributed by atoms with Gasteiger partial charge in [0.05, 0.1) is 22.3 Å². The highest BCUT2D eigenvalue weighted by Gasteiger charge is 2.30. The molecule has 0 N–H and O–H groups in total. The second-order valence-electron chi connectivity index (χ2n) is 6.80. The second kappa shape index (κ2) is 6.92. The summed E-state index contributed by atoms with van der Waals surface area (Å²) in [5, 5.41) is 9.06. The van der Waals surface area contributed by atoms with Gasteiger partial charge in [-0.3, -0.25) is 0 Å². The van der Waals surface area contributed by atoms with Crippen LogP contribution in [0.4, 0.5) is 13.2 Å². The average molecular weight is 416 g/mol. The Hall–Kier alpha value is -4.25. The molecule has 0 spiro atoms. The summed E-state index contributed by atoms with van der Waals surface area (Å²) in [4.78, 5) is 13.3. The first kappa shape index (κ1) is 18.8. The van der Waals surface area contributed by atoms with Crippen molar-refractivity contribution in [2.75, 3.05) is 0 Å². The minimum absolute atomic E-state index is 0.273. The van der Waals surface area contributed by atoms with Gasteiger partial charge in [0.1, 0.15) is 22.9 Å². The lowest BCUT2D eigenvalue weighted by Gasteiger charge is -2.10. The fourth-order valence-electron chi connectivity index (χ4n) is 3.49. The summed E-state index contributed by atoms with van der Waals surface area (Å²) < 4.78 is 43.9. The molecule has 0 fully saturated rings. The molecular formula is C23H11F3N4O. The molecule has 150 valence electrons. The van der Waals surface area contributed by atoms with E-state index in [1.807, 2.05) is 30.5 Å². The van der Waals surface area contributed by atoms with Crippen molar-refractivity contribution in [3.05, 3.63) is 83.6 Å². The van der Waals surface area contributed by atoms with Crippen LogP contribution in [0.5, 0.6) is 11.5 Å². The van der Waals surface area contributed by atoms with Crippen molar-refractivity contribution < 1.29 is 17.9 Å². The molecule has 0 radical (unpaired) electrons. The quantitative estimate of drug-likeness (QED) is 0.344. The van der Waals surface area contributed by atoms with Crippen molar-refractivity contribution in [3.63, 3.8) is 0 Å². The van der Waals surface area contributed by atoms with Crippen molar-refractivity contribution in [1.29, 1.82) is 5.26 Å². The molecule has 3 aromatic carbocycles. The first-order chi connectivity index (χ1) is 14.9. The Kier molecular flexibility index (Phi) is 4.19. The Bertz CT molecular complexity index is 1400. The van der Waals surface area contributed by atoms with Gasteiger partial charge in [0, 0.05) is 17.2 Å². The lowest BCUT2D eigenvalue weighted by molar-refractivity contribution is -0.137. The van der Waals surface area contributed by atoms with E-state index in [0.29, 0.717) is 33.9 Å². The summed E-state index contributed by atoms with van der Waals surface area (Å²) in [5.74, 6) is 0.689. The predicted molar refractivity (Wildman–Crippen MR) is 108 cm³/mol. The van der Waals surface area contributed by atoms with Gasteiger partial charge in [0.2, 0.25) is 6.19 Å². The highest BCUT2D eigenvalue weighted by Crippen LogP contribution is 2.36. The number of rotatable bonds is 2. The molecule has 0 unspecified atom stereocenters. The molecule has 0 bridgehead atoms. The molecular weight excluding hydrogens is 405 g/mol. The topological polar surface area (TPSA) is 71.2 Å². The number of aromatic nitrogens is 2. The first-order valence-corrected chi connectivity index (χ1v) is 9.18. The highest BCUT2D eigenvalue weighted by molar-refractivity contribution is 6.23. The van der Waals surface area contributed by atoms with E-state index in [9.17, 15) is 13.2 Å². The number of hydrogen-bond acceptors (Lipinski definition) is 5. The van der Waals surface area contributed by atoms with E-state index in [2.05, 4.69) is 9.98 Å². The summed E-state index contributed by atoms with van der Waals surface area (Å²) in [5.41, 5.74) is 3.63. The SMILES string of the molecule is N#C/N=C1\c2ccccc2-c2nc3cc(Oc4ccc(C(F)(F)F)cc4)ccc3nc21. The molecule has 1 heterocycles. The Morgan fingerprint density at radius 3 is 2.19 bits per heavy atom. The van der Waals surface area contributed by atoms with Crippen LogP contribution in [0.1, 0.15) is 16.8 Å². The lowest BCUT2D eigenvalue weighted by atomic mass is 10.1. The zero-order valence-corrected chi connectivity index (χ0v) is 15.7. The van der Waals surface area contributed by atoms with E-state index in [4.69, 9.17) is 15.0 Å². The van der Waals surface area contributed by atoms with Crippen molar-refractivity contribution in [2.45, 2.75) is 6.18 Å². The van der Waals surface area contributed by atoms with Crippen LogP contribution in [0.3, 0.4) is 0 Å². The maximum absolute atomic E-state index is 12.7. The molecule has 5 nitrogen and oxygen atoms in total. The molecule has 31 heavy (non-hydrogen) atoms. The number of halogens is 3. The minimum atomic E-state index is -4.40. The van der Waals surface area contributed by atoms with Gasteiger partial charge in [-0.05, 0) is 36.4 Å². The summed E-state index contributed by atoms with van der Waals surface area (Å²) in [6.07, 6.45) is -2.58. The summed E-state index contributed by atoms with van der Waals surface area (Å²) in [6, 6.07) is 17.0. The number of aliphatic imine (C=N–C) groups is 1. The van der Waals surface area contributed by atoms with E-state index in [-0.39, 0.29) is 5.75 Å². The maximum atomic E-state index is 12.7. The van der Waals surface area contributed by atoms with E-state index in [1.165, 1.54) is 12.1 Å². The molecule has 8 heteroatoms. The van der Waals surface area contributed by atoms with E-state index in [0.717, 1.165) is 23.3 Å². The molecule has 5 rings (SSSR count). The number of nitrogens with zero attached hydrogens (tertiary/aromatic N) is 4. The normalized spacial score (nSPS) is 13.7. The molecule has 0 saturated heterocycles. The van der Waals surface area contributed by atoms with Crippen molar-refractivity contribution in [3.8, 4) is 28.9 Å². The fraction of sp³-hybridized carbons (Fsp3) is 0.0435. The first-order valence-electron chi connectivity index (χ1n) is 9.18. The van der Waals surface area contributed by atoms with Gasteiger partial charge in [-0.1, -0.05) is 24.3 Å². The van der Waals surface area contributed by atoms with Crippen molar-refractivity contribution in [2.24, 2.45) is 4.99 Å². The Morgan fingerprint density at radius 2 is 1.48 bits per heavy atom. The molecule has 1 aromatic heterocycles. The van der Waals surface area contributed by atoms with Crippen LogP contribution < -0.4 is 4.74 Å².